The molecule has 0 radical (unpaired) electrons. The van der Waals surface area contributed by atoms with Crippen LogP contribution in [0, 0.1) is 0 Å². The molecule has 1 aliphatic rings. The molecule has 4 rings (SSSR count). The Morgan fingerprint density at radius 1 is 1.14 bits per heavy atom. The number of rotatable bonds is 5. The number of ether oxygens (including phenoxy) is 1. The van der Waals surface area contributed by atoms with Crippen LogP contribution in [0.5, 0.6) is 5.75 Å². The number of hydrogen-bond donors (Lipinski definition) is 0. The Morgan fingerprint density at radius 3 is 2.63 bits per heavy atom. The molecular weight excluding hydrogens is 465 g/mol. The number of methoxy groups -OCH3 is 1. The normalized spacial score (nSPS) is 16.3. The van der Waals surface area contributed by atoms with Gasteiger partial charge in [-0.3, -0.25) is 9.59 Å². The highest BCUT2D eigenvalue weighted by Crippen LogP contribution is 2.31. The van der Waals surface area contributed by atoms with Crippen molar-refractivity contribution in [2.75, 3.05) is 26.7 Å². The highest BCUT2D eigenvalue weighted by atomic mass is 19.4. The predicted octanol–water partition coefficient (Wildman–Crippen LogP) is 3.68. The third kappa shape index (κ3) is 5.28. The molecule has 1 aliphatic heterocycles. The van der Waals surface area contributed by atoms with Gasteiger partial charge in [0.05, 0.1) is 24.7 Å². The average molecular weight is 488 g/mol. The van der Waals surface area contributed by atoms with E-state index in [1.54, 1.807) is 34.1 Å². The highest BCUT2D eigenvalue weighted by Gasteiger charge is 2.33. The third-order valence-corrected chi connectivity index (χ3v) is 5.79. The minimum absolute atomic E-state index is 0.0718. The number of piperazine rings is 1. The molecule has 1 atom stereocenters. The zero-order valence-corrected chi connectivity index (χ0v) is 19.1. The summed E-state index contributed by atoms with van der Waals surface area (Å²) < 4.78 is 49.3. The van der Waals surface area contributed by atoms with Crippen LogP contribution in [-0.2, 0) is 17.4 Å². The second-order valence-electron chi connectivity index (χ2n) is 8.16. The van der Waals surface area contributed by atoms with Crippen molar-refractivity contribution < 1.29 is 32.0 Å². The van der Waals surface area contributed by atoms with Crippen molar-refractivity contribution in [3.63, 3.8) is 0 Å². The maximum Gasteiger partial charge on any atom is 0.416 e. The Morgan fingerprint density at radius 2 is 1.91 bits per heavy atom. The highest BCUT2D eigenvalue weighted by molar-refractivity contribution is 5.97. The quantitative estimate of drug-likeness (QED) is 0.545. The molecule has 1 saturated heterocycles. The number of carbonyl (C=O) groups excluding carboxylic acids is 2. The van der Waals surface area contributed by atoms with Crippen molar-refractivity contribution in [2.45, 2.75) is 25.6 Å². The van der Waals surface area contributed by atoms with Crippen molar-refractivity contribution in [2.24, 2.45) is 0 Å². The first-order valence-electron chi connectivity index (χ1n) is 10.9. The van der Waals surface area contributed by atoms with Gasteiger partial charge in [0.2, 0.25) is 5.91 Å². The van der Waals surface area contributed by atoms with Gasteiger partial charge in [-0.2, -0.15) is 18.2 Å². The van der Waals surface area contributed by atoms with Crippen LogP contribution < -0.4 is 4.74 Å². The summed E-state index contributed by atoms with van der Waals surface area (Å²) in [4.78, 5) is 33.2. The van der Waals surface area contributed by atoms with Crippen molar-refractivity contribution in [3.8, 4) is 17.2 Å². The van der Waals surface area contributed by atoms with E-state index >= 15 is 0 Å². The van der Waals surface area contributed by atoms with Crippen LogP contribution in [-0.4, -0.2) is 64.5 Å². The Bertz CT molecular complexity index is 1230. The van der Waals surface area contributed by atoms with Crippen LogP contribution in [0.1, 0.15) is 28.7 Å². The number of benzene rings is 2. The summed E-state index contributed by atoms with van der Waals surface area (Å²) in [5.74, 6) is 0.0163. The summed E-state index contributed by atoms with van der Waals surface area (Å²) in [6.07, 6.45) is -4.67. The average Bonchev–Trinajstić information content (AvgIpc) is 3.31. The van der Waals surface area contributed by atoms with Crippen LogP contribution in [0.15, 0.2) is 53.1 Å². The molecule has 0 saturated carbocycles. The fraction of sp³-hybridized carbons (Fsp3) is 0.333. The molecule has 1 fully saturated rings. The monoisotopic (exact) mass is 488 g/mol. The molecule has 1 unspecified atom stereocenters. The van der Waals surface area contributed by atoms with Gasteiger partial charge in [-0.25, -0.2) is 0 Å². The maximum atomic E-state index is 13.0. The molecule has 11 heteroatoms. The summed E-state index contributed by atoms with van der Waals surface area (Å²) >= 11 is 0. The maximum absolute atomic E-state index is 13.0. The van der Waals surface area contributed by atoms with Gasteiger partial charge in [0, 0.05) is 31.2 Å². The zero-order valence-electron chi connectivity index (χ0n) is 19.1. The molecule has 184 valence electrons. The lowest BCUT2D eigenvalue weighted by atomic mass is 10.1. The van der Waals surface area contributed by atoms with E-state index in [9.17, 15) is 22.8 Å². The number of halogens is 3. The molecule has 0 bridgehead atoms. The topological polar surface area (TPSA) is 88.8 Å². The first kappa shape index (κ1) is 24.2. The van der Waals surface area contributed by atoms with Gasteiger partial charge in [0.15, 0.2) is 5.82 Å². The molecule has 3 aromatic rings. The molecule has 0 N–H and O–H groups in total. The van der Waals surface area contributed by atoms with Crippen LogP contribution in [0.2, 0.25) is 0 Å². The lowest BCUT2D eigenvalue weighted by Crippen LogP contribution is -2.55. The zero-order chi connectivity index (χ0) is 25.2. The van der Waals surface area contributed by atoms with Crippen molar-refractivity contribution in [1.82, 2.24) is 19.9 Å². The standard InChI is InChI=1S/C24H23F3N4O4/c1-15-14-30(10-11-31(15)23(33)18-8-3-4-9-19(18)34-2)21(32)13-20-28-22(35-29-20)16-6-5-7-17(12-16)24(25,26)27/h3-9,12,15H,10-11,13-14H2,1-2H3. The van der Waals surface area contributed by atoms with Gasteiger partial charge in [-0.1, -0.05) is 23.4 Å². The van der Waals surface area contributed by atoms with Crippen LogP contribution in [0.4, 0.5) is 13.2 Å². The number of carbonyl (C=O) groups is 2. The number of nitrogens with zero attached hydrogens (tertiary/aromatic N) is 4. The van der Waals surface area contributed by atoms with E-state index in [1.165, 1.54) is 19.2 Å². The number of alkyl halides is 3. The van der Waals surface area contributed by atoms with Gasteiger partial charge < -0.3 is 19.1 Å². The Hall–Kier alpha value is -3.89. The second-order valence-corrected chi connectivity index (χ2v) is 8.16. The van der Waals surface area contributed by atoms with Gasteiger partial charge >= 0.3 is 6.18 Å². The van der Waals surface area contributed by atoms with Crippen molar-refractivity contribution >= 4 is 11.8 Å². The van der Waals surface area contributed by atoms with Crippen molar-refractivity contribution in [1.29, 1.82) is 0 Å². The molecule has 2 heterocycles. The van der Waals surface area contributed by atoms with E-state index in [2.05, 4.69) is 10.1 Å². The van der Waals surface area contributed by atoms with E-state index in [-0.39, 0.29) is 41.6 Å². The summed E-state index contributed by atoms with van der Waals surface area (Å²) in [6.45, 7) is 2.83. The largest absolute Gasteiger partial charge is 0.496 e. The number of hydrogen-bond acceptors (Lipinski definition) is 6. The Labute approximate surface area is 199 Å². The van der Waals surface area contributed by atoms with Crippen LogP contribution >= 0.6 is 0 Å². The molecule has 8 nitrogen and oxygen atoms in total. The Kier molecular flexibility index (Phi) is 6.77. The van der Waals surface area contributed by atoms with E-state index < -0.39 is 11.7 Å². The van der Waals surface area contributed by atoms with Crippen molar-refractivity contribution in [3.05, 3.63) is 65.5 Å². The minimum Gasteiger partial charge on any atom is -0.496 e. The fourth-order valence-corrected chi connectivity index (χ4v) is 3.98. The molecule has 0 spiro atoms. The van der Waals surface area contributed by atoms with E-state index in [4.69, 9.17) is 9.26 Å². The fourth-order valence-electron chi connectivity index (χ4n) is 3.98. The Balaban J connectivity index is 1.39. The third-order valence-electron chi connectivity index (χ3n) is 5.79. The molecular formula is C24H23F3N4O4. The van der Waals surface area contributed by atoms with E-state index in [0.29, 0.717) is 30.9 Å². The number of para-hydroxylation sites is 1. The van der Waals surface area contributed by atoms with Crippen LogP contribution in [0.25, 0.3) is 11.5 Å². The molecule has 2 aromatic carbocycles. The second kappa shape index (κ2) is 9.77. The first-order chi connectivity index (χ1) is 16.7. The van der Waals surface area contributed by atoms with Crippen LogP contribution in [0.3, 0.4) is 0 Å². The summed E-state index contributed by atoms with van der Waals surface area (Å²) in [7, 11) is 1.50. The van der Waals surface area contributed by atoms with Gasteiger partial charge in [0.1, 0.15) is 5.75 Å². The summed E-state index contributed by atoms with van der Waals surface area (Å²) in [6, 6.07) is 11.3. The number of aromatic nitrogens is 2. The summed E-state index contributed by atoms with van der Waals surface area (Å²) in [5.41, 5.74) is -0.265. The summed E-state index contributed by atoms with van der Waals surface area (Å²) in [5, 5.41) is 3.75. The van der Waals surface area contributed by atoms with E-state index in [1.807, 2.05) is 6.92 Å². The van der Waals surface area contributed by atoms with Gasteiger partial charge in [0.25, 0.3) is 11.8 Å². The molecule has 35 heavy (non-hydrogen) atoms. The lowest BCUT2D eigenvalue weighted by molar-refractivity contribution is -0.137. The van der Waals surface area contributed by atoms with Gasteiger partial charge in [-0.15, -0.1) is 0 Å². The lowest BCUT2D eigenvalue weighted by Gasteiger charge is -2.40. The van der Waals surface area contributed by atoms with E-state index in [0.717, 1.165) is 12.1 Å². The molecule has 2 amide bonds. The minimum atomic E-state index is -4.50. The SMILES string of the molecule is COc1ccccc1C(=O)N1CCN(C(=O)Cc2noc(-c3cccc(C(F)(F)F)c3)n2)CC1C. The number of amides is 2. The first-order valence-corrected chi connectivity index (χ1v) is 10.9. The van der Waals surface area contributed by atoms with Gasteiger partial charge in [-0.05, 0) is 37.3 Å². The molecule has 0 aliphatic carbocycles. The molecule has 1 aromatic heterocycles. The smallest absolute Gasteiger partial charge is 0.416 e. The predicted molar refractivity (Wildman–Crippen MR) is 119 cm³/mol.